The summed E-state index contributed by atoms with van der Waals surface area (Å²) < 4.78 is 14.0. The van der Waals surface area contributed by atoms with Crippen LogP contribution in [0.1, 0.15) is 50.4 Å². The first-order chi connectivity index (χ1) is 8.61. The zero-order valence-corrected chi connectivity index (χ0v) is 11.4. The third-order valence-electron chi connectivity index (χ3n) is 3.06. The van der Waals surface area contributed by atoms with Gasteiger partial charge < -0.3 is 4.90 Å². The van der Waals surface area contributed by atoms with Crippen LogP contribution in [-0.2, 0) is 0 Å². The molecule has 2 nitrogen and oxygen atoms in total. The molecule has 18 heavy (non-hydrogen) atoms. The number of halogens is 1. The summed E-state index contributed by atoms with van der Waals surface area (Å²) in [6.45, 7) is 6.97. The summed E-state index contributed by atoms with van der Waals surface area (Å²) in [7, 11) is 0. The molecule has 1 aromatic carbocycles. The average Bonchev–Trinajstić information content (AvgIpc) is 2.35. The van der Waals surface area contributed by atoms with E-state index in [-0.39, 0.29) is 11.9 Å². The van der Waals surface area contributed by atoms with Gasteiger partial charge in [-0.05, 0) is 32.4 Å². The minimum Gasteiger partial charge on any atom is -0.366 e. The van der Waals surface area contributed by atoms with Crippen LogP contribution in [-0.4, -0.2) is 18.9 Å². The van der Waals surface area contributed by atoms with Crippen molar-refractivity contribution in [1.82, 2.24) is 0 Å². The van der Waals surface area contributed by atoms with Gasteiger partial charge in [-0.25, -0.2) is 4.39 Å². The zero-order chi connectivity index (χ0) is 13.5. The van der Waals surface area contributed by atoms with Crippen molar-refractivity contribution in [3.8, 4) is 0 Å². The Balaban J connectivity index is 3.01. The lowest BCUT2D eigenvalue weighted by molar-refractivity contribution is 0.112. The molecule has 0 fully saturated rings. The van der Waals surface area contributed by atoms with Crippen LogP contribution in [0, 0.1) is 5.82 Å². The number of benzene rings is 1. The van der Waals surface area contributed by atoms with E-state index in [1.54, 1.807) is 12.1 Å². The summed E-state index contributed by atoms with van der Waals surface area (Å²) >= 11 is 0. The number of hydrogen-bond acceptors (Lipinski definition) is 2. The highest BCUT2D eigenvalue weighted by atomic mass is 19.1. The maximum absolute atomic E-state index is 14.0. The maximum Gasteiger partial charge on any atom is 0.152 e. The molecular formula is C15H22FNO. The fraction of sp³-hybridized carbons (Fsp3) is 0.533. The van der Waals surface area contributed by atoms with E-state index < -0.39 is 0 Å². The smallest absolute Gasteiger partial charge is 0.152 e. The third-order valence-corrected chi connectivity index (χ3v) is 3.06. The van der Waals surface area contributed by atoms with Crippen LogP contribution in [0.25, 0.3) is 0 Å². The van der Waals surface area contributed by atoms with Gasteiger partial charge in [-0.15, -0.1) is 0 Å². The topological polar surface area (TPSA) is 20.3 Å². The van der Waals surface area contributed by atoms with Crippen molar-refractivity contribution < 1.29 is 9.18 Å². The SMILES string of the molecule is CCCCCN(c1c(F)cccc1C=O)C(C)C. The van der Waals surface area contributed by atoms with Crippen LogP contribution in [0.3, 0.4) is 0 Å². The molecule has 100 valence electrons. The molecule has 0 aliphatic carbocycles. The Kier molecular flexibility index (Phi) is 5.83. The standard InChI is InChI=1S/C15H22FNO/c1-4-5-6-10-17(12(2)3)15-13(11-18)8-7-9-14(15)16/h7-9,11-12H,4-6,10H2,1-3H3. The molecule has 0 amide bonds. The van der Waals surface area contributed by atoms with Gasteiger partial charge >= 0.3 is 0 Å². The van der Waals surface area contributed by atoms with Crippen LogP contribution in [0.2, 0.25) is 0 Å². The minimum absolute atomic E-state index is 0.178. The number of hydrogen-bond donors (Lipinski definition) is 0. The van der Waals surface area contributed by atoms with Gasteiger partial charge in [-0.1, -0.05) is 25.8 Å². The first-order valence-corrected chi connectivity index (χ1v) is 6.62. The third kappa shape index (κ3) is 3.56. The monoisotopic (exact) mass is 251 g/mol. The van der Waals surface area contributed by atoms with E-state index >= 15 is 0 Å². The van der Waals surface area contributed by atoms with E-state index in [0.29, 0.717) is 11.3 Å². The summed E-state index contributed by atoms with van der Waals surface area (Å²) in [4.78, 5) is 13.0. The molecule has 0 saturated heterocycles. The van der Waals surface area contributed by atoms with Gasteiger partial charge in [-0.2, -0.15) is 0 Å². The quantitative estimate of drug-likeness (QED) is 0.538. The molecular weight excluding hydrogens is 229 g/mol. The Morgan fingerprint density at radius 2 is 2.06 bits per heavy atom. The van der Waals surface area contributed by atoms with Crippen molar-refractivity contribution in [1.29, 1.82) is 0 Å². The Labute approximate surface area is 109 Å². The highest BCUT2D eigenvalue weighted by molar-refractivity contribution is 5.84. The van der Waals surface area contributed by atoms with Crippen LogP contribution < -0.4 is 4.90 Å². The summed E-state index contributed by atoms with van der Waals surface area (Å²) in [6, 6.07) is 4.84. The van der Waals surface area contributed by atoms with Gasteiger partial charge in [0.2, 0.25) is 0 Å². The number of para-hydroxylation sites is 1. The normalized spacial score (nSPS) is 10.7. The molecule has 0 atom stereocenters. The highest BCUT2D eigenvalue weighted by Gasteiger charge is 2.17. The van der Waals surface area contributed by atoms with Gasteiger partial charge in [0.1, 0.15) is 5.82 Å². The molecule has 0 saturated carbocycles. The van der Waals surface area contributed by atoms with Gasteiger partial charge in [0, 0.05) is 18.2 Å². The molecule has 0 N–H and O–H groups in total. The molecule has 0 unspecified atom stereocenters. The van der Waals surface area contributed by atoms with E-state index in [4.69, 9.17) is 0 Å². The van der Waals surface area contributed by atoms with Crippen LogP contribution in [0.15, 0.2) is 18.2 Å². The highest BCUT2D eigenvalue weighted by Crippen LogP contribution is 2.25. The predicted octanol–water partition coefficient (Wildman–Crippen LogP) is 4.04. The summed E-state index contributed by atoms with van der Waals surface area (Å²) in [5.74, 6) is -0.315. The van der Waals surface area contributed by atoms with Crippen molar-refractivity contribution in [3.05, 3.63) is 29.6 Å². The van der Waals surface area contributed by atoms with E-state index in [2.05, 4.69) is 6.92 Å². The fourth-order valence-electron chi connectivity index (χ4n) is 2.09. The molecule has 0 heterocycles. The van der Waals surface area contributed by atoms with E-state index in [0.717, 1.165) is 32.1 Å². The molecule has 0 bridgehead atoms. The fourth-order valence-corrected chi connectivity index (χ4v) is 2.09. The van der Waals surface area contributed by atoms with E-state index in [1.165, 1.54) is 6.07 Å². The van der Waals surface area contributed by atoms with Gasteiger partial charge in [0.15, 0.2) is 6.29 Å². The van der Waals surface area contributed by atoms with Gasteiger partial charge in [0.25, 0.3) is 0 Å². The van der Waals surface area contributed by atoms with Gasteiger partial charge in [0.05, 0.1) is 5.69 Å². The Hall–Kier alpha value is -1.38. The predicted molar refractivity (Wildman–Crippen MR) is 73.8 cm³/mol. The Bertz CT molecular complexity index is 390. The van der Waals surface area contributed by atoms with E-state index in [9.17, 15) is 9.18 Å². The van der Waals surface area contributed by atoms with Crippen LogP contribution >= 0.6 is 0 Å². The summed E-state index contributed by atoms with van der Waals surface area (Å²) in [5.41, 5.74) is 0.874. The van der Waals surface area contributed by atoms with Crippen LogP contribution in [0.5, 0.6) is 0 Å². The second-order valence-corrected chi connectivity index (χ2v) is 4.79. The van der Waals surface area contributed by atoms with Crippen LogP contribution in [0.4, 0.5) is 10.1 Å². The summed E-state index contributed by atoms with van der Waals surface area (Å²) in [6.07, 6.45) is 3.99. The largest absolute Gasteiger partial charge is 0.366 e. The number of unbranched alkanes of at least 4 members (excludes halogenated alkanes) is 2. The number of rotatable bonds is 7. The second kappa shape index (κ2) is 7.14. The molecule has 0 radical (unpaired) electrons. The van der Waals surface area contributed by atoms with Crippen molar-refractivity contribution in [3.63, 3.8) is 0 Å². The molecule has 1 aromatic rings. The average molecular weight is 251 g/mol. The van der Waals surface area contributed by atoms with Crippen molar-refractivity contribution in [2.45, 2.75) is 46.1 Å². The molecule has 0 aliphatic rings. The molecule has 0 aliphatic heterocycles. The number of anilines is 1. The lowest BCUT2D eigenvalue weighted by Gasteiger charge is -2.30. The maximum atomic E-state index is 14.0. The van der Waals surface area contributed by atoms with Crippen molar-refractivity contribution in [2.24, 2.45) is 0 Å². The molecule has 3 heteroatoms. The van der Waals surface area contributed by atoms with E-state index in [1.807, 2.05) is 18.7 Å². The number of nitrogens with zero attached hydrogens (tertiary/aromatic N) is 1. The van der Waals surface area contributed by atoms with Gasteiger partial charge in [-0.3, -0.25) is 4.79 Å². The lowest BCUT2D eigenvalue weighted by atomic mass is 10.1. The summed E-state index contributed by atoms with van der Waals surface area (Å²) in [5, 5.41) is 0. The molecule has 0 aromatic heterocycles. The zero-order valence-electron chi connectivity index (χ0n) is 11.4. The second-order valence-electron chi connectivity index (χ2n) is 4.79. The Morgan fingerprint density at radius 1 is 1.33 bits per heavy atom. The van der Waals surface area contributed by atoms with Crippen molar-refractivity contribution >= 4 is 12.0 Å². The lowest BCUT2D eigenvalue weighted by Crippen LogP contribution is -2.33. The number of aldehydes is 1. The Morgan fingerprint density at radius 3 is 2.61 bits per heavy atom. The first kappa shape index (κ1) is 14.7. The number of carbonyl (C=O) groups is 1. The molecule has 1 rings (SSSR count). The first-order valence-electron chi connectivity index (χ1n) is 6.62. The minimum atomic E-state index is -0.315. The number of carbonyl (C=O) groups excluding carboxylic acids is 1. The van der Waals surface area contributed by atoms with Crippen molar-refractivity contribution in [2.75, 3.05) is 11.4 Å². The molecule has 0 spiro atoms.